The molecule has 1 unspecified atom stereocenters. The highest BCUT2D eigenvalue weighted by Crippen LogP contribution is 1.92. The molecular formula is C9H22N4. The number of hydrogen-bond acceptors (Lipinski definition) is 2. The fourth-order valence-corrected chi connectivity index (χ4v) is 0.742. The fourth-order valence-electron chi connectivity index (χ4n) is 0.742. The Hall–Kier alpha value is -0.770. The molecular weight excluding hydrogens is 164 g/mol. The number of nitrogens with two attached hydrogens (primary N) is 1. The van der Waals surface area contributed by atoms with Gasteiger partial charge in [-0.05, 0) is 19.3 Å². The number of guanidine groups is 1. The van der Waals surface area contributed by atoms with E-state index in [1.807, 2.05) is 0 Å². The van der Waals surface area contributed by atoms with Gasteiger partial charge < -0.3 is 5.32 Å². The Kier molecular flexibility index (Phi) is 6.32. The molecule has 1 atom stereocenters. The lowest BCUT2D eigenvalue weighted by molar-refractivity contribution is 0.613. The third-order valence-electron chi connectivity index (χ3n) is 1.75. The average molecular weight is 186 g/mol. The predicted molar refractivity (Wildman–Crippen MR) is 57.4 cm³/mol. The SMILES string of the molecule is CCC(C)NC(=NCC(C)C)NN. The Balaban J connectivity index is 3.93. The van der Waals surface area contributed by atoms with Crippen LogP contribution < -0.4 is 16.6 Å². The van der Waals surface area contributed by atoms with Crippen LogP contribution in [0.2, 0.25) is 0 Å². The van der Waals surface area contributed by atoms with Crippen molar-refractivity contribution in [3.63, 3.8) is 0 Å². The first-order valence-corrected chi connectivity index (χ1v) is 4.87. The standard InChI is InChI=1S/C9H22N4/c1-5-8(4)12-9(13-10)11-6-7(2)3/h7-8H,5-6,10H2,1-4H3,(H2,11,12,13). The average Bonchev–Trinajstić information content (AvgIpc) is 2.11. The fraction of sp³-hybridized carbons (Fsp3) is 0.889. The Bertz CT molecular complexity index is 154. The number of aliphatic imine (C=N–C) groups is 1. The summed E-state index contributed by atoms with van der Waals surface area (Å²) >= 11 is 0. The van der Waals surface area contributed by atoms with Gasteiger partial charge >= 0.3 is 0 Å². The molecule has 0 rings (SSSR count). The van der Waals surface area contributed by atoms with E-state index in [4.69, 9.17) is 5.84 Å². The van der Waals surface area contributed by atoms with Crippen LogP contribution >= 0.6 is 0 Å². The first kappa shape index (κ1) is 12.2. The summed E-state index contributed by atoms with van der Waals surface area (Å²) < 4.78 is 0. The van der Waals surface area contributed by atoms with Crippen molar-refractivity contribution in [2.45, 2.75) is 40.2 Å². The Morgan fingerprint density at radius 3 is 2.38 bits per heavy atom. The van der Waals surface area contributed by atoms with Gasteiger partial charge in [-0.2, -0.15) is 0 Å². The van der Waals surface area contributed by atoms with Crippen LogP contribution in [0.3, 0.4) is 0 Å². The van der Waals surface area contributed by atoms with E-state index >= 15 is 0 Å². The number of hydrogen-bond donors (Lipinski definition) is 3. The summed E-state index contributed by atoms with van der Waals surface area (Å²) in [6, 6.07) is 0.405. The van der Waals surface area contributed by atoms with Gasteiger partial charge in [0.25, 0.3) is 0 Å². The summed E-state index contributed by atoms with van der Waals surface area (Å²) in [5.74, 6) is 6.56. The summed E-state index contributed by atoms with van der Waals surface area (Å²) in [5, 5.41) is 3.19. The summed E-state index contributed by atoms with van der Waals surface area (Å²) in [7, 11) is 0. The van der Waals surface area contributed by atoms with Crippen LogP contribution in [0.25, 0.3) is 0 Å². The number of nitrogens with one attached hydrogen (secondary N) is 2. The highest BCUT2D eigenvalue weighted by atomic mass is 15.3. The van der Waals surface area contributed by atoms with Crippen LogP contribution in [0.1, 0.15) is 34.1 Å². The molecule has 0 saturated carbocycles. The largest absolute Gasteiger partial charge is 0.353 e. The summed E-state index contributed by atoms with van der Waals surface area (Å²) in [6.07, 6.45) is 1.06. The molecule has 4 heteroatoms. The van der Waals surface area contributed by atoms with E-state index in [0.29, 0.717) is 17.9 Å². The van der Waals surface area contributed by atoms with Crippen LogP contribution in [0.5, 0.6) is 0 Å². The zero-order valence-corrected chi connectivity index (χ0v) is 9.09. The van der Waals surface area contributed by atoms with Crippen molar-refractivity contribution in [2.24, 2.45) is 16.8 Å². The molecule has 0 saturated heterocycles. The van der Waals surface area contributed by atoms with Crippen molar-refractivity contribution in [3.8, 4) is 0 Å². The smallest absolute Gasteiger partial charge is 0.205 e. The third kappa shape index (κ3) is 6.40. The highest BCUT2D eigenvalue weighted by molar-refractivity contribution is 5.79. The topological polar surface area (TPSA) is 62.4 Å². The molecule has 0 aromatic rings. The van der Waals surface area contributed by atoms with E-state index in [-0.39, 0.29) is 0 Å². The molecule has 0 aliphatic carbocycles. The minimum Gasteiger partial charge on any atom is -0.353 e. The molecule has 78 valence electrons. The Labute approximate surface area is 81.0 Å². The van der Waals surface area contributed by atoms with Crippen molar-refractivity contribution < 1.29 is 0 Å². The van der Waals surface area contributed by atoms with Crippen molar-refractivity contribution in [1.82, 2.24) is 10.7 Å². The lowest BCUT2D eigenvalue weighted by Crippen LogP contribution is -2.45. The molecule has 4 nitrogen and oxygen atoms in total. The maximum Gasteiger partial charge on any atom is 0.205 e. The van der Waals surface area contributed by atoms with E-state index in [1.54, 1.807) is 0 Å². The van der Waals surface area contributed by atoms with Gasteiger partial charge in [-0.25, -0.2) is 5.84 Å². The first-order valence-electron chi connectivity index (χ1n) is 4.87. The molecule has 0 amide bonds. The van der Waals surface area contributed by atoms with Crippen LogP contribution in [0.15, 0.2) is 4.99 Å². The monoisotopic (exact) mass is 186 g/mol. The second kappa shape index (κ2) is 6.71. The van der Waals surface area contributed by atoms with Crippen molar-refractivity contribution in [3.05, 3.63) is 0 Å². The summed E-state index contributed by atoms with van der Waals surface area (Å²) in [4.78, 5) is 4.30. The molecule has 0 fully saturated rings. The molecule has 0 aromatic carbocycles. The second-order valence-electron chi connectivity index (χ2n) is 3.68. The van der Waals surface area contributed by atoms with E-state index in [1.165, 1.54) is 0 Å². The van der Waals surface area contributed by atoms with Gasteiger partial charge in [0.15, 0.2) is 0 Å². The Morgan fingerprint density at radius 1 is 1.38 bits per heavy atom. The second-order valence-corrected chi connectivity index (χ2v) is 3.68. The van der Waals surface area contributed by atoms with Crippen LogP contribution in [0, 0.1) is 5.92 Å². The normalized spacial score (nSPS) is 14.5. The minimum atomic E-state index is 0.405. The third-order valence-corrected chi connectivity index (χ3v) is 1.75. The zero-order valence-electron chi connectivity index (χ0n) is 9.09. The molecule has 0 aromatic heterocycles. The number of hydrazine groups is 1. The molecule has 13 heavy (non-hydrogen) atoms. The Morgan fingerprint density at radius 2 is 2.00 bits per heavy atom. The number of nitrogens with zero attached hydrogens (tertiary/aromatic N) is 1. The lowest BCUT2D eigenvalue weighted by Gasteiger charge is -2.14. The van der Waals surface area contributed by atoms with Gasteiger partial charge in [0.1, 0.15) is 0 Å². The molecule has 4 N–H and O–H groups in total. The van der Waals surface area contributed by atoms with Crippen molar-refractivity contribution >= 4 is 5.96 Å². The molecule has 0 spiro atoms. The summed E-state index contributed by atoms with van der Waals surface area (Å²) in [5.41, 5.74) is 2.56. The first-order chi connectivity index (χ1) is 6.10. The molecule has 0 aliphatic rings. The van der Waals surface area contributed by atoms with Gasteiger partial charge in [0.2, 0.25) is 5.96 Å². The number of rotatable bonds is 4. The molecule has 0 aliphatic heterocycles. The zero-order chi connectivity index (χ0) is 10.3. The molecule has 0 bridgehead atoms. The quantitative estimate of drug-likeness (QED) is 0.264. The van der Waals surface area contributed by atoms with E-state index in [0.717, 1.165) is 13.0 Å². The van der Waals surface area contributed by atoms with Crippen LogP contribution in [0.4, 0.5) is 0 Å². The highest BCUT2D eigenvalue weighted by Gasteiger charge is 2.01. The van der Waals surface area contributed by atoms with Crippen LogP contribution in [-0.4, -0.2) is 18.5 Å². The predicted octanol–water partition coefficient (Wildman–Crippen LogP) is 0.850. The minimum absolute atomic E-state index is 0.405. The summed E-state index contributed by atoms with van der Waals surface area (Å²) in [6.45, 7) is 9.27. The van der Waals surface area contributed by atoms with E-state index in [2.05, 4.69) is 43.4 Å². The maximum absolute atomic E-state index is 5.32. The van der Waals surface area contributed by atoms with E-state index in [9.17, 15) is 0 Å². The van der Waals surface area contributed by atoms with Gasteiger partial charge in [-0.1, -0.05) is 20.8 Å². The molecule has 0 heterocycles. The van der Waals surface area contributed by atoms with Crippen molar-refractivity contribution in [1.29, 1.82) is 0 Å². The maximum atomic E-state index is 5.32. The van der Waals surface area contributed by atoms with Gasteiger partial charge in [-0.3, -0.25) is 10.4 Å². The lowest BCUT2D eigenvalue weighted by atomic mass is 10.2. The van der Waals surface area contributed by atoms with Gasteiger partial charge in [0, 0.05) is 12.6 Å². The van der Waals surface area contributed by atoms with Crippen LogP contribution in [-0.2, 0) is 0 Å². The van der Waals surface area contributed by atoms with E-state index < -0.39 is 0 Å². The van der Waals surface area contributed by atoms with Gasteiger partial charge in [0.05, 0.1) is 0 Å². The molecule has 0 radical (unpaired) electrons. The van der Waals surface area contributed by atoms with Gasteiger partial charge in [-0.15, -0.1) is 0 Å². The van der Waals surface area contributed by atoms with Crippen molar-refractivity contribution in [2.75, 3.05) is 6.54 Å².